The van der Waals surface area contributed by atoms with E-state index in [1.165, 1.54) is 44.1 Å². The van der Waals surface area contributed by atoms with Crippen LogP contribution in [-0.4, -0.2) is 47.6 Å². The summed E-state index contributed by atoms with van der Waals surface area (Å²) in [7, 11) is 0. The van der Waals surface area contributed by atoms with Gasteiger partial charge in [-0.15, -0.1) is 0 Å². The molecule has 1 amide bonds. The van der Waals surface area contributed by atoms with Crippen LogP contribution < -0.4 is 16.0 Å². The van der Waals surface area contributed by atoms with E-state index in [1.807, 2.05) is 24.3 Å². The number of pyridine rings is 1. The van der Waals surface area contributed by atoms with E-state index in [0.717, 1.165) is 73.5 Å². The van der Waals surface area contributed by atoms with Crippen molar-refractivity contribution in [3.8, 4) is 0 Å². The fourth-order valence-electron chi connectivity index (χ4n) is 7.44. The number of carboxylic acid groups (broad SMARTS) is 1. The average Bonchev–Trinajstić information content (AvgIpc) is 2.98. The molecule has 7 heteroatoms. The normalized spacial score (nSPS) is 24.4. The lowest BCUT2D eigenvalue weighted by Gasteiger charge is -2.45. The lowest BCUT2D eigenvalue weighted by molar-refractivity contribution is -0.139. The van der Waals surface area contributed by atoms with Crippen LogP contribution in [-0.2, 0) is 24.1 Å². The molecule has 1 aromatic heterocycles. The fourth-order valence-corrected chi connectivity index (χ4v) is 7.44. The van der Waals surface area contributed by atoms with Crippen LogP contribution in [0.15, 0.2) is 36.4 Å². The van der Waals surface area contributed by atoms with Gasteiger partial charge in [0, 0.05) is 24.3 Å². The second-order valence-electron chi connectivity index (χ2n) is 12.2. The van der Waals surface area contributed by atoms with Gasteiger partial charge in [-0.25, -0.2) is 4.98 Å². The van der Waals surface area contributed by atoms with Gasteiger partial charge in [0.1, 0.15) is 11.9 Å². The fraction of sp³-hybridized carbons (Fsp3) is 0.606. The number of amides is 1. The Labute approximate surface area is 238 Å². The van der Waals surface area contributed by atoms with Crippen LogP contribution in [0.5, 0.6) is 0 Å². The number of hydrogen-bond acceptors (Lipinski definition) is 5. The highest BCUT2D eigenvalue weighted by molar-refractivity contribution is 5.94. The molecule has 2 bridgehead atoms. The third kappa shape index (κ3) is 7.22. The molecule has 2 aliphatic carbocycles. The number of nitrogens with zero attached hydrogens (tertiary/aromatic N) is 1. The zero-order valence-corrected chi connectivity index (χ0v) is 24.0. The van der Waals surface area contributed by atoms with Gasteiger partial charge in [0.15, 0.2) is 0 Å². The topological polar surface area (TPSA) is 103 Å². The SMILES string of the molecule is CCC1CC2CCCC(C2)C1CCNC(CNC(=O)c1ccc(CCc2ccc3c(n2)NCCC3)cc1)C(=O)O. The number of aryl methyl sites for hydroxylation is 3. The number of anilines is 1. The standard InChI is InChI=1S/C33H46N4O3/c1-2-24-19-23-5-3-6-27(20-23)29(24)16-18-34-30(33(39)40)21-36-32(38)26-11-8-22(9-12-26)10-14-28-15-13-25-7-4-17-35-31(25)37-28/h8-9,11-13,15,23-24,27,29-30,34H,2-7,10,14,16-21H2,1H3,(H,35,37)(H,36,38)(H,39,40). The van der Waals surface area contributed by atoms with E-state index >= 15 is 0 Å². The Bertz CT molecular complexity index is 1150. The first-order valence-corrected chi connectivity index (χ1v) is 15.6. The van der Waals surface area contributed by atoms with Crippen molar-refractivity contribution >= 4 is 17.7 Å². The quantitative estimate of drug-likeness (QED) is 0.290. The molecule has 40 heavy (non-hydrogen) atoms. The highest BCUT2D eigenvalue weighted by Gasteiger charge is 2.38. The molecule has 4 N–H and O–H groups in total. The Hall–Kier alpha value is -2.93. The van der Waals surface area contributed by atoms with Crippen molar-refractivity contribution in [3.05, 3.63) is 58.8 Å². The van der Waals surface area contributed by atoms with Crippen molar-refractivity contribution in [2.24, 2.45) is 23.7 Å². The first kappa shape index (κ1) is 28.6. The number of benzene rings is 1. The maximum absolute atomic E-state index is 12.8. The molecule has 2 aromatic rings. The number of carbonyl (C=O) groups is 2. The Morgan fingerprint density at radius 3 is 2.73 bits per heavy atom. The average molecular weight is 547 g/mol. The van der Waals surface area contributed by atoms with Crippen LogP contribution in [0.4, 0.5) is 5.82 Å². The largest absolute Gasteiger partial charge is 0.480 e. The smallest absolute Gasteiger partial charge is 0.322 e. The van der Waals surface area contributed by atoms with Crippen LogP contribution in [0.1, 0.15) is 85.5 Å². The summed E-state index contributed by atoms with van der Waals surface area (Å²) in [6.07, 6.45) is 13.0. The van der Waals surface area contributed by atoms with Gasteiger partial charge in [-0.2, -0.15) is 0 Å². The van der Waals surface area contributed by atoms with E-state index in [1.54, 1.807) is 0 Å². The molecule has 1 aliphatic heterocycles. The second kappa shape index (κ2) is 13.6. The van der Waals surface area contributed by atoms with Crippen LogP contribution in [0.3, 0.4) is 0 Å². The number of aliphatic carboxylic acids is 1. The van der Waals surface area contributed by atoms with E-state index in [-0.39, 0.29) is 12.5 Å². The third-order valence-corrected chi connectivity index (χ3v) is 9.67. The zero-order valence-electron chi connectivity index (χ0n) is 24.0. The monoisotopic (exact) mass is 546 g/mol. The molecular formula is C33H46N4O3. The number of nitrogens with one attached hydrogen (secondary N) is 3. The minimum absolute atomic E-state index is 0.0708. The number of hydrogen-bond donors (Lipinski definition) is 4. The number of aromatic nitrogens is 1. The molecule has 2 heterocycles. The molecule has 5 atom stereocenters. The van der Waals surface area contributed by atoms with Crippen molar-refractivity contribution < 1.29 is 14.7 Å². The molecule has 3 aliphatic rings. The van der Waals surface area contributed by atoms with Gasteiger partial charge in [0.2, 0.25) is 0 Å². The summed E-state index contributed by atoms with van der Waals surface area (Å²) in [6.45, 7) is 4.04. The predicted octanol–water partition coefficient (Wildman–Crippen LogP) is 5.24. The summed E-state index contributed by atoms with van der Waals surface area (Å²) in [6, 6.07) is 11.1. The maximum Gasteiger partial charge on any atom is 0.322 e. The third-order valence-electron chi connectivity index (χ3n) is 9.67. The first-order valence-electron chi connectivity index (χ1n) is 15.6. The Kier molecular flexibility index (Phi) is 9.74. The molecule has 0 saturated heterocycles. The lowest BCUT2D eigenvalue weighted by Crippen LogP contribution is -2.47. The van der Waals surface area contributed by atoms with Crippen molar-refractivity contribution in [2.75, 3.05) is 25.0 Å². The molecule has 0 radical (unpaired) electrons. The van der Waals surface area contributed by atoms with Gasteiger partial charge in [0.25, 0.3) is 5.91 Å². The van der Waals surface area contributed by atoms with Gasteiger partial charge in [0.05, 0.1) is 0 Å². The summed E-state index contributed by atoms with van der Waals surface area (Å²) in [5, 5.41) is 19.2. The van der Waals surface area contributed by atoms with Crippen molar-refractivity contribution in [3.63, 3.8) is 0 Å². The number of carbonyl (C=O) groups excluding carboxylic acids is 1. The Balaban J connectivity index is 1.07. The predicted molar refractivity (Wildman–Crippen MR) is 159 cm³/mol. The van der Waals surface area contributed by atoms with Crippen LogP contribution in [0.2, 0.25) is 0 Å². The zero-order chi connectivity index (χ0) is 27.9. The van der Waals surface area contributed by atoms with Crippen LogP contribution in [0, 0.1) is 23.7 Å². The molecule has 0 spiro atoms. The summed E-state index contributed by atoms with van der Waals surface area (Å²) in [5.41, 5.74) is 4.05. The van der Waals surface area contributed by atoms with Crippen molar-refractivity contribution in [2.45, 2.75) is 83.6 Å². The number of carboxylic acids is 1. The molecule has 1 aromatic carbocycles. The van der Waals surface area contributed by atoms with Gasteiger partial charge < -0.3 is 21.1 Å². The highest BCUT2D eigenvalue weighted by atomic mass is 16.4. The van der Waals surface area contributed by atoms with Gasteiger partial charge >= 0.3 is 5.97 Å². The second-order valence-corrected chi connectivity index (χ2v) is 12.2. The summed E-state index contributed by atoms with van der Waals surface area (Å²) in [5.74, 6) is 3.03. The van der Waals surface area contributed by atoms with Gasteiger partial charge in [-0.1, -0.05) is 50.8 Å². The van der Waals surface area contributed by atoms with Crippen LogP contribution >= 0.6 is 0 Å². The maximum atomic E-state index is 12.8. The molecule has 216 valence electrons. The summed E-state index contributed by atoms with van der Waals surface area (Å²) < 4.78 is 0. The molecule has 7 nitrogen and oxygen atoms in total. The number of rotatable bonds is 12. The molecule has 2 saturated carbocycles. The minimum atomic E-state index is -0.921. The Morgan fingerprint density at radius 1 is 1.07 bits per heavy atom. The van der Waals surface area contributed by atoms with Crippen LogP contribution in [0.25, 0.3) is 0 Å². The van der Waals surface area contributed by atoms with E-state index in [0.29, 0.717) is 18.0 Å². The summed E-state index contributed by atoms with van der Waals surface area (Å²) in [4.78, 5) is 29.5. The number of fused-ring (bicyclic) bond motifs is 3. The minimum Gasteiger partial charge on any atom is -0.480 e. The first-order chi connectivity index (χ1) is 19.5. The van der Waals surface area contributed by atoms with Crippen molar-refractivity contribution in [1.82, 2.24) is 15.6 Å². The Morgan fingerprint density at radius 2 is 1.93 bits per heavy atom. The van der Waals surface area contributed by atoms with Gasteiger partial charge in [-0.05, 0) is 104 Å². The van der Waals surface area contributed by atoms with Crippen molar-refractivity contribution in [1.29, 1.82) is 0 Å². The molecule has 2 fully saturated rings. The lowest BCUT2D eigenvalue weighted by atomic mass is 9.60. The van der Waals surface area contributed by atoms with E-state index < -0.39 is 12.0 Å². The van der Waals surface area contributed by atoms with E-state index in [4.69, 9.17) is 4.98 Å². The molecular weight excluding hydrogens is 500 g/mol. The molecule has 5 unspecified atom stereocenters. The van der Waals surface area contributed by atoms with E-state index in [9.17, 15) is 14.7 Å². The molecule has 5 rings (SSSR count). The van der Waals surface area contributed by atoms with E-state index in [2.05, 4.69) is 35.0 Å². The summed E-state index contributed by atoms with van der Waals surface area (Å²) >= 11 is 0. The highest BCUT2D eigenvalue weighted by Crippen LogP contribution is 2.48. The van der Waals surface area contributed by atoms with Gasteiger partial charge in [-0.3, -0.25) is 9.59 Å².